The molecule has 3 rings (SSSR count). The second kappa shape index (κ2) is 10.5. The van der Waals surface area contributed by atoms with Gasteiger partial charge in [0.25, 0.3) is 0 Å². The van der Waals surface area contributed by atoms with Gasteiger partial charge in [-0.1, -0.05) is 36.4 Å². The number of para-hydroxylation sites is 2. The van der Waals surface area contributed by atoms with E-state index in [-0.39, 0.29) is 0 Å². The zero-order valence-electron chi connectivity index (χ0n) is 15.9. The van der Waals surface area contributed by atoms with Crippen molar-refractivity contribution in [3.05, 3.63) is 60.2 Å². The molecule has 0 spiro atoms. The highest BCUT2D eigenvalue weighted by atomic mass is 16.5. The Balaban J connectivity index is 1.49. The van der Waals surface area contributed by atoms with Crippen molar-refractivity contribution in [3.8, 4) is 11.5 Å². The second-order valence-corrected chi connectivity index (χ2v) is 6.33. The van der Waals surface area contributed by atoms with E-state index >= 15 is 0 Å². The molecule has 0 atom stereocenters. The molecule has 2 aromatic carbocycles. The summed E-state index contributed by atoms with van der Waals surface area (Å²) in [7, 11) is 1.79. The number of aliphatic imine (C=N–C) groups is 1. The zero-order valence-corrected chi connectivity index (χ0v) is 15.9. The molecule has 1 fully saturated rings. The Morgan fingerprint density at radius 1 is 1.04 bits per heavy atom. The van der Waals surface area contributed by atoms with Crippen LogP contribution in [0, 0.1) is 0 Å². The van der Waals surface area contributed by atoms with Gasteiger partial charge < -0.3 is 20.1 Å². The molecule has 6 nitrogen and oxygen atoms in total. The standard InChI is InChI=1S/C21H28N4O2/c1-22-21(23-11-12-25-13-15-26-16-14-25)24-17-18-7-5-6-10-20(18)27-19-8-3-2-4-9-19/h2-10H,11-17H2,1H3,(H2,22,23,24). The highest BCUT2D eigenvalue weighted by Gasteiger charge is 2.10. The van der Waals surface area contributed by atoms with E-state index in [1.165, 1.54) is 0 Å². The zero-order chi connectivity index (χ0) is 18.7. The highest BCUT2D eigenvalue weighted by Crippen LogP contribution is 2.24. The average Bonchev–Trinajstić information content (AvgIpc) is 2.73. The SMILES string of the molecule is CN=C(NCCN1CCOCC1)NCc1ccccc1Oc1ccccc1. The number of nitrogens with zero attached hydrogens (tertiary/aromatic N) is 2. The molecule has 6 heteroatoms. The summed E-state index contributed by atoms with van der Waals surface area (Å²) in [6, 6.07) is 17.9. The first kappa shape index (κ1) is 19.2. The van der Waals surface area contributed by atoms with Gasteiger partial charge in [0, 0.05) is 45.3 Å². The lowest BCUT2D eigenvalue weighted by molar-refractivity contribution is 0.0389. The summed E-state index contributed by atoms with van der Waals surface area (Å²) >= 11 is 0. The molecule has 1 heterocycles. The van der Waals surface area contributed by atoms with E-state index in [0.29, 0.717) is 6.54 Å². The van der Waals surface area contributed by atoms with Crippen LogP contribution < -0.4 is 15.4 Å². The molecule has 144 valence electrons. The fourth-order valence-corrected chi connectivity index (χ4v) is 2.92. The molecular formula is C21H28N4O2. The molecule has 27 heavy (non-hydrogen) atoms. The molecule has 1 aliphatic rings. The Kier molecular flexibility index (Phi) is 7.50. The predicted octanol–water partition coefficient (Wildman–Crippen LogP) is 2.48. The Morgan fingerprint density at radius 3 is 2.56 bits per heavy atom. The molecule has 1 saturated heterocycles. The van der Waals surface area contributed by atoms with Crippen LogP contribution >= 0.6 is 0 Å². The molecule has 1 aliphatic heterocycles. The van der Waals surface area contributed by atoms with Gasteiger partial charge in [0.1, 0.15) is 11.5 Å². The number of hydrogen-bond acceptors (Lipinski definition) is 4. The van der Waals surface area contributed by atoms with Crippen LogP contribution in [0.2, 0.25) is 0 Å². The van der Waals surface area contributed by atoms with Gasteiger partial charge in [-0.05, 0) is 18.2 Å². The summed E-state index contributed by atoms with van der Waals surface area (Å²) in [6.07, 6.45) is 0. The largest absolute Gasteiger partial charge is 0.457 e. The number of hydrogen-bond donors (Lipinski definition) is 2. The predicted molar refractivity (Wildman–Crippen MR) is 108 cm³/mol. The summed E-state index contributed by atoms with van der Waals surface area (Å²) < 4.78 is 11.4. The summed E-state index contributed by atoms with van der Waals surface area (Å²) in [4.78, 5) is 6.71. The van der Waals surface area contributed by atoms with E-state index in [0.717, 1.165) is 62.4 Å². The number of benzene rings is 2. The van der Waals surface area contributed by atoms with Gasteiger partial charge in [-0.3, -0.25) is 9.89 Å². The fourth-order valence-electron chi connectivity index (χ4n) is 2.92. The third-order valence-corrected chi connectivity index (χ3v) is 4.44. The Morgan fingerprint density at radius 2 is 1.78 bits per heavy atom. The molecule has 0 saturated carbocycles. The Bertz CT molecular complexity index is 715. The molecule has 2 aromatic rings. The highest BCUT2D eigenvalue weighted by molar-refractivity contribution is 5.79. The lowest BCUT2D eigenvalue weighted by atomic mass is 10.2. The third kappa shape index (κ3) is 6.27. The van der Waals surface area contributed by atoms with Gasteiger partial charge in [0.15, 0.2) is 5.96 Å². The van der Waals surface area contributed by atoms with Crippen molar-refractivity contribution in [3.63, 3.8) is 0 Å². The van der Waals surface area contributed by atoms with Crippen molar-refractivity contribution in [2.75, 3.05) is 46.4 Å². The lowest BCUT2D eigenvalue weighted by Crippen LogP contribution is -2.44. The number of ether oxygens (including phenoxy) is 2. The summed E-state index contributed by atoms with van der Waals surface area (Å²) in [5.74, 6) is 2.47. The Labute approximate surface area is 161 Å². The molecule has 0 bridgehead atoms. The van der Waals surface area contributed by atoms with E-state index in [4.69, 9.17) is 9.47 Å². The van der Waals surface area contributed by atoms with Crippen LogP contribution in [-0.2, 0) is 11.3 Å². The van der Waals surface area contributed by atoms with Crippen LogP contribution in [0.25, 0.3) is 0 Å². The maximum atomic E-state index is 6.02. The lowest BCUT2D eigenvalue weighted by Gasteiger charge is -2.26. The van der Waals surface area contributed by atoms with E-state index < -0.39 is 0 Å². The van der Waals surface area contributed by atoms with Crippen LogP contribution in [0.5, 0.6) is 11.5 Å². The second-order valence-electron chi connectivity index (χ2n) is 6.33. The molecule has 0 amide bonds. The summed E-state index contributed by atoms with van der Waals surface area (Å²) in [6.45, 7) is 6.12. The number of morpholine rings is 1. The third-order valence-electron chi connectivity index (χ3n) is 4.44. The van der Waals surface area contributed by atoms with Crippen molar-refractivity contribution < 1.29 is 9.47 Å². The van der Waals surface area contributed by atoms with Crippen molar-refractivity contribution >= 4 is 5.96 Å². The van der Waals surface area contributed by atoms with Gasteiger partial charge in [0.2, 0.25) is 0 Å². The molecule has 0 unspecified atom stereocenters. The summed E-state index contributed by atoms with van der Waals surface area (Å²) in [5.41, 5.74) is 1.08. The average molecular weight is 368 g/mol. The van der Waals surface area contributed by atoms with Crippen molar-refractivity contribution in [2.45, 2.75) is 6.54 Å². The number of rotatable bonds is 7. The van der Waals surface area contributed by atoms with Crippen molar-refractivity contribution in [1.29, 1.82) is 0 Å². The van der Waals surface area contributed by atoms with Crippen molar-refractivity contribution in [2.24, 2.45) is 4.99 Å². The monoisotopic (exact) mass is 368 g/mol. The van der Waals surface area contributed by atoms with Crippen LogP contribution in [0.3, 0.4) is 0 Å². The fraction of sp³-hybridized carbons (Fsp3) is 0.381. The van der Waals surface area contributed by atoms with E-state index in [9.17, 15) is 0 Å². The minimum absolute atomic E-state index is 0.639. The maximum absolute atomic E-state index is 6.02. The van der Waals surface area contributed by atoms with Gasteiger partial charge >= 0.3 is 0 Å². The van der Waals surface area contributed by atoms with Gasteiger partial charge in [-0.15, -0.1) is 0 Å². The topological polar surface area (TPSA) is 58.1 Å². The first-order valence-electron chi connectivity index (χ1n) is 9.40. The first-order chi connectivity index (χ1) is 13.3. The molecular weight excluding hydrogens is 340 g/mol. The molecule has 0 aromatic heterocycles. The molecule has 0 radical (unpaired) electrons. The van der Waals surface area contributed by atoms with E-state index in [1.807, 2.05) is 48.5 Å². The smallest absolute Gasteiger partial charge is 0.191 e. The van der Waals surface area contributed by atoms with E-state index in [2.05, 4.69) is 26.6 Å². The van der Waals surface area contributed by atoms with Crippen LogP contribution in [0.4, 0.5) is 0 Å². The Hall–Kier alpha value is -2.57. The van der Waals surface area contributed by atoms with Crippen LogP contribution in [0.15, 0.2) is 59.6 Å². The molecule has 0 aliphatic carbocycles. The minimum atomic E-state index is 0.639. The molecule has 2 N–H and O–H groups in total. The minimum Gasteiger partial charge on any atom is -0.457 e. The quantitative estimate of drug-likeness (QED) is 0.581. The van der Waals surface area contributed by atoms with Crippen LogP contribution in [-0.4, -0.2) is 57.3 Å². The number of nitrogens with one attached hydrogen (secondary N) is 2. The van der Waals surface area contributed by atoms with Crippen molar-refractivity contribution in [1.82, 2.24) is 15.5 Å². The van der Waals surface area contributed by atoms with Gasteiger partial charge in [-0.25, -0.2) is 0 Å². The summed E-state index contributed by atoms with van der Waals surface area (Å²) in [5, 5.41) is 6.74. The normalized spacial score (nSPS) is 15.4. The number of guanidine groups is 1. The van der Waals surface area contributed by atoms with E-state index in [1.54, 1.807) is 7.05 Å². The first-order valence-corrected chi connectivity index (χ1v) is 9.40. The van der Waals surface area contributed by atoms with Crippen LogP contribution in [0.1, 0.15) is 5.56 Å². The van der Waals surface area contributed by atoms with Gasteiger partial charge in [-0.2, -0.15) is 0 Å². The van der Waals surface area contributed by atoms with Gasteiger partial charge in [0.05, 0.1) is 13.2 Å². The maximum Gasteiger partial charge on any atom is 0.191 e.